The molecular weight excluding hydrogens is 244 g/mol. The van der Waals surface area contributed by atoms with Gasteiger partial charge in [0, 0.05) is 24.5 Å². The molecular formula is C13H14N4O2. The quantitative estimate of drug-likeness (QED) is 0.673. The molecule has 2 aromatic rings. The van der Waals surface area contributed by atoms with E-state index in [1.54, 1.807) is 25.4 Å². The summed E-state index contributed by atoms with van der Waals surface area (Å²) in [6.45, 7) is 4.29. The molecule has 98 valence electrons. The monoisotopic (exact) mass is 258 g/mol. The van der Waals surface area contributed by atoms with Crippen molar-refractivity contribution in [3.05, 3.63) is 57.5 Å². The van der Waals surface area contributed by atoms with E-state index in [9.17, 15) is 10.1 Å². The largest absolute Gasteiger partial charge is 0.366 e. The average Bonchev–Trinajstić information content (AvgIpc) is 2.37. The first-order chi connectivity index (χ1) is 9.08. The number of rotatable bonds is 4. The van der Waals surface area contributed by atoms with Gasteiger partial charge in [0.25, 0.3) is 5.69 Å². The zero-order valence-electron chi connectivity index (χ0n) is 10.8. The van der Waals surface area contributed by atoms with Crippen molar-refractivity contribution in [1.29, 1.82) is 0 Å². The topological polar surface area (TPSA) is 81.0 Å². The van der Waals surface area contributed by atoms with E-state index in [1.165, 1.54) is 6.20 Å². The minimum Gasteiger partial charge on any atom is -0.366 e. The Kier molecular flexibility index (Phi) is 3.70. The zero-order chi connectivity index (χ0) is 13.8. The van der Waals surface area contributed by atoms with Crippen LogP contribution in [0.25, 0.3) is 0 Å². The second-order valence-electron chi connectivity index (χ2n) is 4.27. The summed E-state index contributed by atoms with van der Waals surface area (Å²) in [5.41, 5.74) is 2.83. The number of nitrogens with zero attached hydrogens (tertiary/aromatic N) is 3. The Morgan fingerprint density at radius 3 is 2.74 bits per heavy atom. The highest BCUT2D eigenvalue weighted by Crippen LogP contribution is 2.19. The lowest BCUT2D eigenvalue weighted by Crippen LogP contribution is -2.04. The van der Waals surface area contributed by atoms with Crippen LogP contribution in [0.3, 0.4) is 0 Å². The Labute approximate surface area is 110 Å². The molecule has 0 aliphatic heterocycles. The summed E-state index contributed by atoms with van der Waals surface area (Å²) in [6, 6.07) is 3.61. The van der Waals surface area contributed by atoms with Gasteiger partial charge in [0.15, 0.2) is 0 Å². The van der Waals surface area contributed by atoms with Gasteiger partial charge in [-0.1, -0.05) is 0 Å². The predicted molar refractivity (Wildman–Crippen MR) is 71.9 cm³/mol. The van der Waals surface area contributed by atoms with Gasteiger partial charge >= 0.3 is 0 Å². The Bertz CT molecular complexity index is 613. The second kappa shape index (κ2) is 5.43. The van der Waals surface area contributed by atoms with E-state index in [0.29, 0.717) is 17.9 Å². The molecule has 0 unspecified atom stereocenters. The first kappa shape index (κ1) is 12.9. The van der Waals surface area contributed by atoms with Crippen LogP contribution in [-0.4, -0.2) is 14.9 Å². The highest BCUT2D eigenvalue weighted by molar-refractivity contribution is 5.47. The molecule has 0 aliphatic carbocycles. The lowest BCUT2D eigenvalue weighted by atomic mass is 10.1. The molecule has 19 heavy (non-hydrogen) atoms. The normalized spacial score (nSPS) is 10.2. The fourth-order valence-corrected chi connectivity index (χ4v) is 1.70. The fourth-order valence-electron chi connectivity index (χ4n) is 1.70. The number of hydrogen-bond acceptors (Lipinski definition) is 5. The predicted octanol–water partition coefficient (Wildman–Crippen LogP) is 2.61. The molecule has 0 fully saturated rings. The minimum absolute atomic E-state index is 0.0307. The SMILES string of the molecule is Cc1ccncc1CNc1cc(C)c([N+](=O)[O-])cn1. The van der Waals surface area contributed by atoms with E-state index >= 15 is 0 Å². The highest BCUT2D eigenvalue weighted by atomic mass is 16.6. The molecule has 2 heterocycles. The number of pyridine rings is 2. The molecule has 0 aromatic carbocycles. The third-order valence-corrected chi connectivity index (χ3v) is 2.89. The van der Waals surface area contributed by atoms with Crippen LogP contribution in [0.15, 0.2) is 30.7 Å². The van der Waals surface area contributed by atoms with Gasteiger partial charge in [-0.25, -0.2) is 4.98 Å². The van der Waals surface area contributed by atoms with Gasteiger partial charge in [-0.2, -0.15) is 0 Å². The van der Waals surface area contributed by atoms with E-state index in [4.69, 9.17) is 0 Å². The molecule has 2 rings (SSSR count). The Balaban J connectivity index is 2.11. The van der Waals surface area contributed by atoms with E-state index in [1.807, 2.05) is 13.0 Å². The van der Waals surface area contributed by atoms with Crippen molar-refractivity contribution < 1.29 is 4.92 Å². The summed E-state index contributed by atoms with van der Waals surface area (Å²) in [7, 11) is 0. The van der Waals surface area contributed by atoms with Gasteiger partial charge in [0.05, 0.1) is 4.92 Å². The van der Waals surface area contributed by atoms with E-state index < -0.39 is 4.92 Å². The fraction of sp³-hybridized carbons (Fsp3) is 0.231. The first-order valence-electron chi connectivity index (χ1n) is 5.82. The van der Waals surface area contributed by atoms with Gasteiger partial charge in [-0.15, -0.1) is 0 Å². The van der Waals surface area contributed by atoms with Crippen LogP contribution >= 0.6 is 0 Å². The summed E-state index contributed by atoms with van der Waals surface area (Å²) >= 11 is 0. The molecule has 0 amide bonds. The maximum absolute atomic E-state index is 10.7. The summed E-state index contributed by atoms with van der Waals surface area (Å²) in [5.74, 6) is 0.617. The molecule has 0 radical (unpaired) electrons. The van der Waals surface area contributed by atoms with Crippen molar-refractivity contribution in [3.8, 4) is 0 Å². The minimum atomic E-state index is -0.433. The summed E-state index contributed by atoms with van der Waals surface area (Å²) < 4.78 is 0. The molecule has 6 nitrogen and oxygen atoms in total. The van der Waals surface area contributed by atoms with Crippen molar-refractivity contribution >= 4 is 11.5 Å². The van der Waals surface area contributed by atoms with Crippen LogP contribution < -0.4 is 5.32 Å². The molecule has 0 saturated heterocycles. The van der Waals surface area contributed by atoms with Gasteiger partial charge in [-0.05, 0) is 37.1 Å². The summed E-state index contributed by atoms with van der Waals surface area (Å²) in [4.78, 5) is 18.4. The van der Waals surface area contributed by atoms with Crippen molar-refractivity contribution in [2.45, 2.75) is 20.4 Å². The molecule has 0 spiro atoms. The van der Waals surface area contributed by atoms with Crippen molar-refractivity contribution in [2.75, 3.05) is 5.32 Å². The van der Waals surface area contributed by atoms with Crippen LogP contribution in [0.4, 0.5) is 11.5 Å². The first-order valence-corrected chi connectivity index (χ1v) is 5.82. The van der Waals surface area contributed by atoms with Crippen LogP contribution in [0, 0.1) is 24.0 Å². The Morgan fingerprint density at radius 1 is 1.32 bits per heavy atom. The lowest BCUT2D eigenvalue weighted by Gasteiger charge is -2.08. The molecule has 2 aromatic heterocycles. The van der Waals surface area contributed by atoms with Crippen molar-refractivity contribution in [3.63, 3.8) is 0 Å². The number of nitro groups is 1. The number of anilines is 1. The molecule has 1 N–H and O–H groups in total. The van der Waals surface area contributed by atoms with E-state index in [-0.39, 0.29) is 5.69 Å². The molecule has 0 atom stereocenters. The Morgan fingerprint density at radius 2 is 2.11 bits per heavy atom. The number of aryl methyl sites for hydroxylation is 2. The summed E-state index contributed by atoms with van der Waals surface area (Å²) in [5, 5.41) is 13.8. The third kappa shape index (κ3) is 3.04. The molecule has 0 aliphatic rings. The number of hydrogen-bond donors (Lipinski definition) is 1. The van der Waals surface area contributed by atoms with Gasteiger partial charge in [0.2, 0.25) is 0 Å². The molecule has 6 heteroatoms. The van der Waals surface area contributed by atoms with E-state index in [2.05, 4.69) is 15.3 Å². The van der Waals surface area contributed by atoms with Gasteiger partial charge in [0.1, 0.15) is 12.0 Å². The van der Waals surface area contributed by atoms with Crippen LogP contribution in [0.2, 0.25) is 0 Å². The zero-order valence-corrected chi connectivity index (χ0v) is 10.8. The number of nitrogens with one attached hydrogen (secondary N) is 1. The maximum atomic E-state index is 10.7. The average molecular weight is 258 g/mol. The molecule has 0 bridgehead atoms. The van der Waals surface area contributed by atoms with Crippen molar-refractivity contribution in [1.82, 2.24) is 9.97 Å². The van der Waals surface area contributed by atoms with Crippen LogP contribution in [-0.2, 0) is 6.54 Å². The third-order valence-electron chi connectivity index (χ3n) is 2.89. The van der Waals surface area contributed by atoms with Gasteiger partial charge in [-0.3, -0.25) is 15.1 Å². The van der Waals surface area contributed by atoms with Crippen LogP contribution in [0.1, 0.15) is 16.7 Å². The Hall–Kier alpha value is -2.50. The standard InChI is InChI=1S/C13H14N4O2/c1-9-3-4-14-6-11(9)7-15-13-5-10(2)12(8-16-13)17(18)19/h3-6,8H,7H2,1-2H3,(H,15,16). The van der Waals surface area contributed by atoms with Crippen molar-refractivity contribution in [2.24, 2.45) is 0 Å². The highest BCUT2D eigenvalue weighted by Gasteiger charge is 2.11. The van der Waals surface area contributed by atoms with Gasteiger partial charge < -0.3 is 5.32 Å². The van der Waals surface area contributed by atoms with E-state index in [0.717, 1.165) is 11.1 Å². The maximum Gasteiger partial charge on any atom is 0.290 e. The molecule has 0 saturated carbocycles. The lowest BCUT2D eigenvalue weighted by molar-refractivity contribution is -0.385. The second-order valence-corrected chi connectivity index (χ2v) is 4.27. The summed E-state index contributed by atoms with van der Waals surface area (Å²) in [6.07, 6.45) is 4.81. The smallest absolute Gasteiger partial charge is 0.290 e. The number of aromatic nitrogens is 2. The van der Waals surface area contributed by atoms with Crippen LogP contribution in [0.5, 0.6) is 0 Å².